The van der Waals surface area contributed by atoms with Gasteiger partial charge in [0.1, 0.15) is 5.41 Å². The standard InChI is InChI=1S/C13H22N2O4S/c1-9(2)7-14-11(16)13(4-5-13)12(17)15-10-3-6-20(18,19)8-10/h9-10H,3-8H2,1-2H3,(H,14,16)(H,15,17). The summed E-state index contributed by atoms with van der Waals surface area (Å²) in [6.07, 6.45) is 1.53. The fourth-order valence-corrected chi connectivity index (χ4v) is 4.05. The largest absolute Gasteiger partial charge is 0.355 e. The highest BCUT2D eigenvalue weighted by atomic mass is 32.2. The maximum Gasteiger partial charge on any atom is 0.235 e. The number of carbonyl (C=O) groups excluding carboxylic acids is 2. The van der Waals surface area contributed by atoms with Crippen LogP contribution in [0.25, 0.3) is 0 Å². The van der Waals surface area contributed by atoms with Crippen molar-refractivity contribution in [2.45, 2.75) is 39.2 Å². The van der Waals surface area contributed by atoms with E-state index in [1.165, 1.54) is 0 Å². The van der Waals surface area contributed by atoms with Gasteiger partial charge in [-0.2, -0.15) is 0 Å². The smallest absolute Gasteiger partial charge is 0.235 e. The molecule has 1 atom stereocenters. The molecule has 114 valence electrons. The number of sulfone groups is 1. The maximum absolute atomic E-state index is 12.2. The Morgan fingerprint density at radius 2 is 1.90 bits per heavy atom. The molecule has 1 heterocycles. The van der Waals surface area contributed by atoms with E-state index in [1.54, 1.807) is 0 Å². The van der Waals surface area contributed by atoms with Crippen molar-refractivity contribution in [1.29, 1.82) is 0 Å². The van der Waals surface area contributed by atoms with E-state index in [0.29, 0.717) is 31.7 Å². The van der Waals surface area contributed by atoms with Crippen LogP contribution in [0.5, 0.6) is 0 Å². The van der Waals surface area contributed by atoms with Crippen molar-refractivity contribution in [3.63, 3.8) is 0 Å². The van der Waals surface area contributed by atoms with Gasteiger partial charge in [0.15, 0.2) is 9.84 Å². The van der Waals surface area contributed by atoms with E-state index < -0.39 is 15.3 Å². The van der Waals surface area contributed by atoms with E-state index in [2.05, 4.69) is 10.6 Å². The SMILES string of the molecule is CC(C)CNC(=O)C1(C(=O)NC2CCS(=O)(=O)C2)CC1. The Morgan fingerprint density at radius 3 is 2.35 bits per heavy atom. The van der Waals surface area contributed by atoms with Crippen molar-refractivity contribution in [2.75, 3.05) is 18.1 Å². The molecule has 2 N–H and O–H groups in total. The topological polar surface area (TPSA) is 92.3 Å². The van der Waals surface area contributed by atoms with Gasteiger partial charge in [0.25, 0.3) is 0 Å². The molecule has 1 saturated heterocycles. The average molecular weight is 302 g/mol. The molecule has 20 heavy (non-hydrogen) atoms. The number of rotatable bonds is 5. The number of amides is 2. The van der Waals surface area contributed by atoms with Crippen LogP contribution in [0.4, 0.5) is 0 Å². The Kier molecular flexibility index (Phi) is 4.09. The Labute approximate surface area is 119 Å². The lowest BCUT2D eigenvalue weighted by molar-refractivity contribution is -0.137. The van der Waals surface area contributed by atoms with E-state index in [1.807, 2.05) is 13.8 Å². The van der Waals surface area contributed by atoms with Crippen molar-refractivity contribution >= 4 is 21.7 Å². The van der Waals surface area contributed by atoms with Gasteiger partial charge in [-0.25, -0.2) is 8.42 Å². The van der Waals surface area contributed by atoms with Crippen LogP contribution in [0.1, 0.15) is 33.1 Å². The summed E-state index contributed by atoms with van der Waals surface area (Å²) in [7, 11) is -3.02. The molecule has 0 bridgehead atoms. The van der Waals surface area contributed by atoms with Crippen LogP contribution in [-0.2, 0) is 19.4 Å². The summed E-state index contributed by atoms with van der Waals surface area (Å²) in [5, 5.41) is 5.52. The van der Waals surface area contributed by atoms with Crippen molar-refractivity contribution < 1.29 is 18.0 Å². The maximum atomic E-state index is 12.2. The minimum absolute atomic E-state index is 0.0115. The highest BCUT2D eigenvalue weighted by Gasteiger charge is 2.56. The zero-order valence-electron chi connectivity index (χ0n) is 11.9. The number of nitrogens with one attached hydrogen (secondary N) is 2. The zero-order chi connectivity index (χ0) is 15.0. The normalized spacial score (nSPS) is 26.2. The van der Waals surface area contributed by atoms with Crippen LogP contribution in [0.2, 0.25) is 0 Å². The molecule has 2 rings (SSSR count). The second kappa shape index (κ2) is 5.35. The van der Waals surface area contributed by atoms with Crippen LogP contribution in [-0.4, -0.2) is 44.3 Å². The molecule has 0 aromatic carbocycles. The van der Waals surface area contributed by atoms with Gasteiger partial charge in [0.05, 0.1) is 11.5 Å². The first kappa shape index (κ1) is 15.3. The van der Waals surface area contributed by atoms with Gasteiger partial charge in [-0.15, -0.1) is 0 Å². The molecule has 2 aliphatic rings. The molecule has 0 aromatic heterocycles. The molecule has 2 fully saturated rings. The molecule has 2 amide bonds. The highest BCUT2D eigenvalue weighted by molar-refractivity contribution is 7.91. The Hall–Kier alpha value is -1.11. The summed E-state index contributed by atoms with van der Waals surface area (Å²) >= 11 is 0. The summed E-state index contributed by atoms with van der Waals surface area (Å²) in [6.45, 7) is 4.53. The van der Waals surface area contributed by atoms with Gasteiger partial charge < -0.3 is 10.6 Å². The Balaban J connectivity index is 1.90. The predicted molar refractivity (Wildman–Crippen MR) is 74.7 cm³/mol. The van der Waals surface area contributed by atoms with Gasteiger partial charge in [-0.3, -0.25) is 9.59 Å². The second-order valence-corrected chi connectivity index (χ2v) is 8.49. The lowest BCUT2D eigenvalue weighted by Crippen LogP contribution is -2.47. The summed E-state index contributed by atoms with van der Waals surface area (Å²) < 4.78 is 22.7. The first-order valence-corrected chi connectivity index (χ1v) is 8.87. The van der Waals surface area contributed by atoms with Crippen LogP contribution in [0.15, 0.2) is 0 Å². The summed E-state index contributed by atoms with van der Waals surface area (Å²) in [6, 6.07) is -0.345. The third kappa shape index (κ3) is 3.31. The summed E-state index contributed by atoms with van der Waals surface area (Å²) in [5.41, 5.74) is -0.957. The van der Waals surface area contributed by atoms with Crippen molar-refractivity contribution in [2.24, 2.45) is 11.3 Å². The quantitative estimate of drug-likeness (QED) is 0.690. The lowest BCUT2D eigenvalue weighted by Gasteiger charge is -2.18. The molecule has 0 radical (unpaired) electrons. The average Bonchev–Trinajstić information content (AvgIpc) is 3.08. The van der Waals surface area contributed by atoms with E-state index in [9.17, 15) is 18.0 Å². The molecular formula is C13H22N2O4S. The molecule has 1 aliphatic carbocycles. The predicted octanol–water partition coefficient (Wildman–Crippen LogP) is -0.158. The Morgan fingerprint density at radius 1 is 1.25 bits per heavy atom. The minimum Gasteiger partial charge on any atom is -0.355 e. The zero-order valence-corrected chi connectivity index (χ0v) is 12.8. The molecule has 6 nitrogen and oxygen atoms in total. The van der Waals surface area contributed by atoms with Gasteiger partial charge in [-0.05, 0) is 25.2 Å². The second-order valence-electron chi connectivity index (χ2n) is 6.26. The Bertz CT molecular complexity index is 508. The van der Waals surface area contributed by atoms with Crippen molar-refractivity contribution in [3.05, 3.63) is 0 Å². The molecule has 1 aliphatic heterocycles. The number of hydrogen-bond acceptors (Lipinski definition) is 4. The highest BCUT2D eigenvalue weighted by Crippen LogP contribution is 2.46. The number of hydrogen-bond donors (Lipinski definition) is 2. The van der Waals surface area contributed by atoms with Gasteiger partial charge in [-0.1, -0.05) is 13.8 Å². The molecule has 7 heteroatoms. The fourth-order valence-electron chi connectivity index (χ4n) is 2.38. The van der Waals surface area contributed by atoms with E-state index in [4.69, 9.17) is 0 Å². The van der Waals surface area contributed by atoms with Gasteiger partial charge >= 0.3 is 0 Å². The summed E-state index contributed by atoms with van der Waals surface area (Å²) in [4.78, 5) is 24.3. The molecule has 0 spiro atoms. The van der Waals surface area contributed by atoms with Crippen molar-refractivity contribution in [3.8, 4) is 0 Å². The third-order valence-corrected chi connectivity index (χ3v) is 5.63. The van der Waals surface area contributed by atoms with E-state index in [0.717, 1.165) is 0 Å². The summed E-state index contributed by atoms with van der Waals surface area (Å²) in [5.74, 6) is -0.115. The first-order valence-electron chi connectivity index (χ1n) is 7.05. The van der Waals surface area contributed by atoms with Crippen LogP contribution in [0, 0.1) is 11.3 Å². The van der Waals surface area contributed by atoms with E-state index >= 15 is 0 Å². The van der Waals surface area contributed by atoms with Crippen LogP contribution < -0.4 is 10.6 Å². The first-order chi connectivity index (χ1) is 9.25. The minimum atomic E-state index is -3.02. The number of carbonyl (C=O) groups is 2. The molecular weight excluding hydrogens is 280 g/mol. The van der Waals surface area contributed by atoms with Crippen LogP contribution >= 0.6 is 0 Å². The molecule has 1 saturated carbocycles. The van der Waals surface area contributed by atoms with Gasteiger partial charge in [0.2, 0.25) is 11.8 Å². The fraction of sp³-hybridized carbons (Fsp3) is 0.846. The monoisotopic (exact) mass is 302 g/mol. The van der Waals surface area contributed by atoms with Gasteiger partial charge in [0, 0.05) is 12.6 Å². The molecule has 1 unspecified atom stereocenters. The van der Waals surface area contributed by atoms with Crippen molar-refractivity contribution in [1.82, 2.24) is 10.6 Å². The molecule has 0 aromatic rings. The third-order valence-electron chi connectivity index (χ3n) is 3.86. The van der Waals surface area contributed by atoms with E-state index in [-0.39, 0.29) is 29.4 Å². The van der Waals surface area contributed by atoms with Crippen LogP contribution in [0.3, 0.4) is 0 Å². The lowest BCUT2D eigenvalue weighted by atomic mass is 10.0.